The fourth-order valence-corrected chi connectivity index (χ4v) is 3.68. The molecule has 2 rings (SSSR count). The van der Waals surface area contributed by atoms with Gasteiger partial charge in [0.15, 0.2) is 0 Å². The first-order valence-electron chi connectivity index (χ1n) is 7.29. The summed E-state index contributed by atoms with van der Waals surface area (Å²) in [5.41, 5.74) is 0.792. The van der Waals surface area contributed by atoms with Crippen molar-refractivity contribution in [3.8, 4) is 0 Å². The maximum Gasteiger partial charge on any atom is 0.253 e. The molecule has 0 radical (unpaired) electrons. The van der Waals surface area contributed by atoms with Crippen LogP contribution in [0.2, 0.25) is 5.02 Å². The standard InChI is InChI=1S/C14H22ClN3O2S/c1-2-16-11-12-10-13(6-7-14(12)15)21(19,20)17-18-8-4-3-5-9-18/h6-7,10,16-17H,2-5,8-9,11H2,1H3. The summed E-state index contributed by atoms with van der Waals surface area (Å²) in [5.74, 6) is 0. The molecule has 0 saturated carbocycles. The predicted octanol–water partition coefficient (Wildman–Crippen LogP) is 2.13. The lowest BCUT2D eigenvalue weighted by atomic mass is 10.2. The maximum atomic E-state index is 12.4. The van der Waals surface area contributed by atoms with Gasteiger partial charge < -0.3 is 5.32 Å². The first-order valence-corrected chi connectivity index (χ1v) is 9.15. The third-order valence-corrected chi connectivity index (χ3v) is 5.24. The Morgan fingerprint density at radius 3 is 2.62 bits per heavy atom. The molecule has 0 atom stereocenters. The normalized spacial score (nSPS) is 17.0. The van der Waals surface area contributed by atoms with E-state index in [-0.39, 0.29) is 4.90 Å². The van der Waals surface area contributed by atoms with Crippen LogP contribution in [0.4, 0.5) is 0 Å². The van der Waals surface area contributed by atoms with E-state index in [1.807, 2.05) is 6.92 Å². The van der Waals surface area contributed by atoms with Crippen LogP contribution < -0.4 is 10.1 Å². The SMILES string of the molecule is CCNCc1cc(S(=O)(=O)NN2CCCCC2)ccc1Cl. The quantitative estimate of drug-likeness (QED) is 0.838. The predicted molar refractivity (Wildman–Crippen MR) is 84.6 cm³/mol. The molecule has 5 nitrogen and oxygen atoms in total. The molecule has 0 amide bonds. The molecule has 2 N–H and O–H groups in total. The van der Waals surface area contributed by atoms with Crippen LogP contribution >= 0.6 is 11.6 Å². The number of hydrogen-bond acceptors (Lipinski definition) is 4. The smallest absolute Gasteiger partial charge is 0.253 e. The fraction of sp³-hybridized carbons (Fsp3) is 0.571. The Balaban J connectivity index is 2.14. The lowest BCUT2D eigenvalue weighted by Crippen LogP contribution is -2.44. The zero-order valence-electron chi connectivity index (χ0n) is 12.2. The number of nitrogens with one attached hydrogen (secondary N) is 2. The summed E-state index contributed by atoms with van der Waals surface area (Å²) in [6.45, 7) is 4.88. The number of sulfonamides is 1. The molecule has 1 saturated heterocycles. The lowest BCUT2D eigenvalue weighted by molar-refractivity contribution is 0.200. The van der Waals surface area contributed by atoms with E-state index in [4.69, 9.17) is 11.6 Å². The number of benzene rings is 1. The van der Waals surface area contributed by atoms with E-state index in [2.05, 4.69) is 10.1 Å². The minimum absolute atomic E-state index is 0.255. The Kier molecular flexibility index (Phi) is 6.01. The van der Waals surface area contributed by atoms with Crippen LogP contribution in [0.15, 0.2) is 23.1 Å². The molecular weight excluding hydrogens is 310 g/mol. The van der Waals surface area contributed by atoms with Gasteiger partial charge in [0.05, 0.1) is 4.90 Å². The summed E-state index contributed by atoms with van der Waals surface area (Å²) in [6.07, 6.45) is 3.20. The Labute approximate surface area is 131 Å². The maximum absolute atomic E-state index is 12.4. The number of rotatable bonds is 6. The first-order chi connectivity index (χ1) is 10.0. The number of hydrogen-bond donors (Lipinski definition) is 2. The van der Waals surface area contributed by atoms with Crippen LogP contribution in [0, 0.1) is 0 Å². The van der Waals surface area contributed by atoms with E-state index >= 15 is 0 Å². The fourth-order valence-electron chi connectivity index (χ4n) is 2.32. The number of hydrazine groups is 1. The molecule has 1 aliphatic rings. The molecule has 7 heteroatoms. The van der Waals surface area contributed by atoms with Gasteiger partial charge in [-0.25, -0.2) is 13.4 Å². The second-order valence-corrected chi connectivity index (χ2v) is 7.24. The number of halogens is 1. The zero-order valence-corrected chi connectivity index (χ0v) is 13.8. The Morgan fingerprint density at radius 1 is 1.24 bits per heavy atom. The van der Waals surface area contributed by atoms with Gasteiger partial charge in [0.1, 0.15) is 0 Å². The van der Waals surface area contributed by atoms with Crippen molar-refractivity contribution in [1.29, 1.82) is 0 Å². The molecule has 1 fully saturated rings. The van der Waals surface area contributed by atoms with E-state index in [0.717, 1.165) is 44.5 Å². The van der Waals surface area contributed by atoms with Gasteiger partial charge in [-0.1, -0.05) is 24.9 Å². The van der Waals surface area contributed by atoms with Crippen LogP contribution in [0.3, 0.4) is 0 Å². The molecule has 0 spiro atoms. The van der Waals surface area contributed by atoms with Crippen LogP contribution in [0.1, 0.15) is 31.7 Å². The van der Waals surface area contributed by atoms with Gasteiger partial charge in [0.2, 0.25) is 0 Å². The summed E-state index contributed by atoms with van der Waals surface area (Å²) in [5, 5.41) is 5.51. The van der Waals surface area contributed by atoms with Gasteiger partial charge >= 0.3 is 0 Å². The Hall–Kier alpha value is -0.660. The third-order valence-electron chi connectivity index (χ3n) is 3.50. The summed E-state index contributed by atoms with van der Waals surface area (Å²) in [4.78, 5) is 2.91. The topological polar surface area (TPSA) is 61.4 Å². The number of piperidine rings is 1. The minimum atomic E-state index is -3.53. The summed E-state index contributed by atoms with van der Waals surface area (Å²) in [6, 6.07) is 4.82. The molecule has 21 heavy (non-hydrogen) atoms. The van der Waals surface area contributed by atoms with Crippen molar-refractivity contribution >= 4 is 21.6 Å². The molecule has 1 aliphatic heterocycles. The largest absolute Gasteiger partial charge is 0.313 e. The van der Waals surface area contributed by atoms with Crippen molar-refractivity contribution in [2.75, 3.05) is 19.6 Å². The van der Waals surface area contributed by atoms with Gasteiger partial charge in [-0.05, 0) is 43.1 Å². The molecule has 0 bridgehead atoms. The molecular formula is C14H22ClN3O2S. The van der Waals surface area contributed by atoms with E-state index in [0.29, 0.717) is 11.6 Å². The van der Waals surface area contributed by atoms with E-state index < -0.39 is 10.0 Å². The molecule has 0 unspecified atom stereocenters. The Morgan fingerprint density at radius 2 is 1.95 bits per heavy atom. The highest BCUT2D eigenvalue weighted by atomic mass is 35.5. The number of nitrogens with zero attached hydrogens (tertiary/aromatic N) is 1. The van der Waals surface area contributed by atoms with E-state index in [9.17, 15) is 8.42 Å². The van der Waals surface area contributed by atoms with Gasteiger partial charge in [0.25, 0.3) is 10.0 Å². The summed E-state index contributed by atoms with van der Waals surface area (Å²) >= 11 is 6.11. The third kappa shape index (κ3) is 4.66. The van der Waals surface area contributed by atoms with Crippen LogP contribution in [0.25, 0.3) is 0 Å². The van der Waals surface area contributed by atoms with E-state index in [1.54, 1.807) is 23.2 Å². The average molecular weight is 332 g/mol. The minimum Gasteiger partial charge on any atom is -0.313 e. The van der Waals surface area contributed by atoms with Crippen molar-refractivity contribution in [1.82, 2.24) is 15.2 Å². The second kappa shape index (κ2) is 7.56. The van der Waals surface area contributed by atoms with Crippen molar-refractivity contribution in [3.63, 3.8) is 0 Å². The molecule has 118 valence electrons. The average Bonchev–Trinajstić information content (AvgIpc) is 2.47. The molecule has 0 aromatic heterocycles. The van der Waals surface area contributed by atoms with Crippen LogP contribution in [-0.2, 0) is 16.6 Å². The van der Waals surface area contributed by atoms with Gasteiger partial charge in [-0.3, -0.25) is 0 Å². The van der Waals surface area contributed by atoms with Crippen LogP contribution in [-0.4, -0.2) is 33.1 Å². The first kappa shape index (κ1) is 16.7. The van der Waals surface area contributed by atoms with Crippen molar-refractivity contribution in [3.05, 3.63) is 28.8 Å². The second-order valence-electron chi connectivity index (χ2n) is 5.18. The molecule has 1 aromatic rings. The highest BCUT2D eigenvalue weighted by molar-refractivity contribution is 7.89. The Bertz CT molecular complexity index is 572. The molecule has 1 aromatic carbocycles. The lowest BCUT2D eigenvalue weighted by Gasteiger charge is -2.26. The van der Waals surface area contributed by atoms with Crippen molar-refractivity contribution in [2.24, 2.45) is 0 Å². The van der Waals surface area contributed by atoms with Crippen molar-refractivity contribution in [2.45, 2.75) is 37.6 Å². The highest BCUT2D eigenvalue weighted by Crippen LogP contribution is 2.21. The monoisotopic (exact) mass is 331 g/mol. The van der Waals surface area contributed by atoms with Gasteiger partial charge in [-0.15, -0.1) is 4.83 Å². The molecule has 1 heterocycles. The summed E-state index contributed by atoms with van der Waals surface area (Å²) in [7, 11) is -3.53. The van der Waals surface area contributed by atoms with E-state index in [1.165, 1.54) is 0 Å². The molecule has 0 aliphatic carbocycles. The summed E-state index contributed by atoms with van der Waals surface area (Å²) < 4.78 is 24.8. The van der Waals surface area contributed by atoms with Crippen molar-refractivity contribution < 1.29 is 8.42 Å². The van der Waals surface area contributed by atoms with Gasteiger partial charge in [0, 0.05) is 24.7 Å². The van der Waals surface area contributed by atoms with Gasteiger partial charge in [-0.2, -0.15) is 0 Å². The highest BCUT2D eigenvalue weighted by Gasteiger charge is 2.20. The van der Waals surface area contributed by atoms with Crippen LogP contribution in [0.5, 0.6) is 0 Å². The zero-order chi connectivity index (χ0) is 15.3.